The van der Waals surface area contributed by atoms with Crippen molar-refractivity contribution in [2.24, 2.45) is 5.92 Å². The summed E-state index contributed by atoms with van der Waals surface area (Å²) in [7, 11) is 0. The standard InChI is InChI=1S/C34H41N7O2/c1-2-30(42)41-17-16-39(20-25(41)8-12-35)32-26-9-15-38(29-7-3-6-23-18-24-19-27(24)31(23)29)21-28(26)36-33(37-32)43-22-34-10-4-13-40(34)14-5-11-34/h2-3,6-7,24-25,27H,1,4-5,8-11,13-22H2/t24?,25-,27?/m0/s1. The van der Waals surface area contributed by atoms with Crippen LogP contribution in [0, 0.1) is 17.2 Å². The Hall–Kier alpha value is -3.64. The maximum atomic E-state index is 12.6. The second-order valence-electron chi connectivity index (χ2n) is 13.5. The van der Waals surface area contributed by atoms with Crippen molar-refractivity contribution >= 4 is 17.4 Å². The third kappa shape index (κ3) is 4.57. The summed E-state index contributed by atoms with van der Waals surface area (Å²) in [5.41, 5.74) is 6.83. The highest BCUT2D eigenvalue weighted by atomic mass is 16.5. The van der Waals surface area contributed by atoms with E-state index in [0.717, 1.165) is 55.9 Å². The highest BCUT2D eigenvalue weighted by Crippen LogP contribution is 2.59. The topological polar surface area (TPSA) is 88.8 Å². The lowest BCUT2D eigenvalue weighted by Gasteiger charge is -2.42. The van der Waals surface area contributed by atoms with Crippen molar-refractivity contribution in [2.75, 3.05) is 55.7 Å². The van der Waals surface area contributed by atoms with Crippen LogP contribution >= 0.6 is 0 Å². The molecule has 5 heterocycles. The number of hydrogen-bond donors (Lipinski definition) is 0. The Bertz CT molecular complexity index is 1490. The number of rotatable bonds is 7. The Morgan fingerprint density at radius 2 is 2.00 bits per heavy atom. The number of carbonyl (C=O) groups is 1. The molecule has 2 aromatic rings. The summed E-state index contributed by atoms with van der Waals surface area (Å²) in [6.45, 7) is 10.0. The zero-order chi connectivity index (χ0) is 29.1. The van der Waals surface area contributed by atoms with Gasteiger partial charge in [0, 0.05) is 37.4 Å². The molecule has 3 atom stereocenters. The molecule has 3 saturated heterocycles. The van der Waals surface area contributed by atoms with Crippen LogP contribution in [0.3, 0.4) is 0 Å². The van der Waals surface area contributed by atoms with E-state index in [1.54, 1.807) is 10.5 Å². The number of anilines is 2. The lowest BCUT2D eigenvalue weighted by molar-refractivity contribution is -0.128. The number of carbonyl (C=O) groups excluding carboxylic acids is 1. The molecule has 224 valence electrons. The minimum atomic E-state index is -0.206. The summed E-state index contributed by atoms with van der Waals surface area (Å²) in [4.78, 5) is 32.0. The van der Waals surface area contributed by atoms with Crippen molar-refractivity contribution in [3.8, 4) is 12.1 Å². The molecule has 9 nitrogen and oxygen atoms in total. The summed E-state index contributed by atoms with van der Waals surface area (Å²) < 4.78 is 6.54. The van der Waals surface area contributed by atoms with Crippen LogP contribution < -0.4 is 14.5 Å². The number of fused-ring (bicyclic) bond motifs is 5. The zero-order valence-corrected chi connectivity index (χ0v) is 25.0. The summed E-state index contributed by atoms with van der Waals surface area (Å²) in [5, 5.41) is 9.57. The minimum absolute atomic E-state index is 0.116. The molecule has 8 rings (SSSR count). The second kappa shape index (κ2) is 10.5. The van der Waals surface area contributed by atoms with Crippen LogP contribution in [0.5, 0.6) is 6.01 Å². The maximum absolute atomic E-state index is 12.6. The number of aromatic nitrogens is 2. The maximum Gasteiger partial charge on any atom is 0.318 e. The molecule has 2 unspecified atom stereocenters. The second-order valence-corrected chi connectivity index (χ2v) is 13.5. The first-order valence-corrected chi connectivity index (χ1v) is 16.3. The van der Waals surface area contributed by atoms with Crippen LogP contribution in [-0.4, -0.2) is 83.1 Å². The van der Waals surface area contributed by atoms with Crippen molar-refractivity contribution in [3.05, 3.63) is 53.2 Å². The molecule has 0 spiro atoms. The van der Waals surface area contributed by atoms with Gasteiger partial charge < -0.3 is 19.4 Å². The van der Waals surface area contributed by atoms with Crippen LogP contribution in [-0.2, 0) is 24.2 Å². The predicted molar refractivity (Wildman–Crippen MR) is 164 cm³/mol. The molecule has 1 aromatic heterocycles. The largest absolute Gasteiger partial charge is 0.461 e. The van der Waals surface area contributed by atoms with Crippen LogP contribution in [0.25, 0.3) is 0 Å². The van der Waals surface area contributed by atoms with Gasteiger partial charge in [0.2, 0.25) is 5.91 Å². The van der Waals surface area contributed by atoms with Gasteiger partial charge in [-0.2, -0.15) is 15.2 Å². The molecule has 43 heavy (non-hydrogen) atoms. The van der Waals surface area contributed by atoms with E-state index in [2.05, 4.69) is 45.5 Å². The molecule has 4 fully saturated rings. The lowest BCUT2D eigenvalue weighted by atomic mass is 9.95. The van der Waals surface area contributed by atoms with E-state index in [1.165, 1.54) is 61.4 Å². The van der Waals surface area contributed by atoms with Gasteiger partial charge in [-0.15, -0.1) is 0 Å². The van der Waals surface area contributed by atoms with Crippen molar-refractivity contribution in [2.45, 2.75) is 75.4 Å². The van der Waals surface area contributed by atoms with Gasteiger partial charge in [0.1, 0.15) is 12.4 Å². The average Bonchev–Trinajstić information content (AvgIpc) is 3.32. The number of nitrogens with zero attached hydrogens (tertiary/aromatic N) is 7. The smallest absolute Gasteiger partial charge is 0.318 e. The lowest BCUT2D eigenvalue weighted by Crippen LogP contribution is -2.55. The number of hydrogen-bond acceptors (Lipinski definition) is 8. The van der Waals surface area contributed by atoms with Gasteiger partial charge in [0.25, 0.3) is 0 Å². The molecular formula is C34H41N7O2. The fourth-order valence-corrected chi connectivity index (χ4v) is 8.91. The van der Waals surface area contributed by atoms with Crippen molar-refractivity contribution in [3.63, 3.8) is 0 Å². The summed E-state index contributed by atoms with van der Waals surface area (Å²) in [6, 6.07) is 9.40. The van der Waals surface area contributed by atoms with Gasteiger partial charge in [0.05, 0.1) is 36.3 Å². The van der Waals surface area contributed by atoms with Gasteiger partial charge in [-0.05, 0) is 93.1 Å². The van der Waals surface area contributed by atoms with Gasteiger partial charge >= 0.3 is 6.01 Å². The number of nitriles is 1. The third-order valence-electron chi connectivity index (χ3n) is 11.2. The number of ether oxygens (including phenoxy) is 1. The third-order valence-corrected chi connectivity index (χ3v) is 11.2. The Morgan fingerprint density at radius 1 is 1.14 bits per heavy atom. The average molecular weight is 580 g/mol. The summed E-state index contributed by atoms with van der Waals surface area (Å²) in [6.07, 6.45) is 9.86. The monoisotopic (exact) mass is 579 g/mol. The normalized spacial score (nSPS) is 26.8. The van der Waals surface area contributed by atoms with Crippen LogP contribution in [0.1, 0.15) is 66.8 Å². The Morgan fingerprint density at radius 3 is 2.81 bits per heavy atom. The molecule has 1 saturated carbocycles. The van der Waals surface area contributed by atoms with E-state index in [9.17, 15) is 10.1 Å². The first kappa shape index (κ1) is 26.9. The molecule has 4 aliphatic heterocycles. The van der Waals surface area contributed by atoms with Crippen molar-refractivity contribution in [1.29, 1.82) is 5.26 Å². The van der Waals surface area contributed by atoms with Gasteiger partial charge in [-0.25, -0.2) is 0 Å². The number of piperazine rings is 1. The summed E-state index contributed by atoms with van der Waals surface area (Å²) in [5.74, 6) is 2.38. The Balaban J connectivity index is 1.12. The van der Waals surface area contributed by atoms with Gasteiger partial charge in [-0.3, -0.25) is 9.69 Å². The minimum Gasteiger partial charge on any atom is -0.461 e. The van der Waals surface area contributed by atoms with Crippen molar-refractivity contribution < 1.29 is 9.53 Å². The fraction of sp³-hybridized carbons (Fsp3) is 0.588. The van der Waals surface area contributed by atoms with Gasteiger partial charge in [0.15, 0.2) is 0 Å². The Labute approximate surface area is 254 Å². The van der Waals surface area contributed by atoms with E-state index in [1.807, 2.05) is 0 Å². The van der Waals surface area contributed by atoms with Gasteiger partial charge in [-0.1, -0.05) is 18.7 Å². The summed E-state index contributed by atoms with van der Waals surface area (Å²) >= 11 is 0. The quantitative estimate of drug-likeness (QED) is 0.458. The molecule has 0 radical (unpaired) electrons. The predicted octanol–water partition coefficient (Wildman–Crippen LogP) is 3.82. The zero-order valence-electron chi connectivity index (χ0n) is 25.0. The molecule has 0 N–H and O–H groups in total. The molecular weight excluding hydrogens is 538 g/mol. The molecule has 1 amide bonds. The molecule has 0 bridgehead atoms. The number of benzene rings is 1. The highest BCUT2D eigenvalue weighted by molar-refractivity contribution is 5.87. The van der Waals surface area contributed by atoms with Crippen LogP contribution in [0.4, 0.5) is 11.5 Å². The van der Waals surface area contributed by atoms with E-state index in [0.29, 0.717) is 32.3 Å². The van der Waals surface area contributed by atoms with E-state index in [4.69, 9.17) is 14.7 Å². The SMILES string of the molecule is C=CC(=O)N1CCN(c2nc(OCC34CCCN3CCC4)nc3c2CCN(c2cccc4c2C2CC2C4)C3)C[C@@H]1CC#N. The molecule has 9 heteroatoms. The van der Waals surface area contributed by atoms with Crippen LogP contribution in [0.2, 0.25) is 0 Å². The van der Waals surface area contributed by atoms with E-state index >= 15 is 0 Å². The molecule has 1 aromatic carbocycles. The molecule has 6 aliphatic rings. The first-order valence-electron chi connectivity index (χ1n) is 16.3. The van der Waals surface area contributed by atoms with E-state index in [-0.39, 0.29) is 23.9 Å². The first-order chi connectivity index (χ1) is 21.1. The van der Waals surface area contributed by atoms with Crippen molar-refractivity contribution in [1.82, 2.24) is 19.8 Å². The molecule has 2 aliphatic carbocycles. The Kier molecular flexibility index (Phi) is 6.59. The van der Waals surface area contributed by atoms with E-state index < -0.39 is 0 Å². The number of amides is 1. The van der Waals surface area contributed by atoms with Crippen LogP contribution in [0.15, 0.2) is 30.9 Å². The highest BCUT2D eigenvalue weighted by Gasteiger charge is 2.47. The fourth-order valence-electron chi connectivity index (χ4n) is 8.91.